The van der Waals surface area contributed by atoms with Crippen LogP contribution in [0.25, 0.3) is 11.8 Å². The topological polar surface area (TPSA) is 92.9 Å². The van der Waals surface area contributed by atoms with Crippen molar-refractivity contribution in [2.24, 2.45) is 4.99 Å². The third kappa shape index (κ3) is 4.88. The Kier molecular flexibility index (Phi) is 6.81. The van der Waals surface area contributed by atoms with E-state index < -0.39 is 5.97 Å². The number of ether oxygens (including phenoxy) is 1. The molecule has 0 radical (unpaired) electrons. The van der Waals surface area contributed by atoms with Crippen molar-refractivity contribution in [1.82, 2.24) is 9.88 Å². The summed E-state index contributed by atoms with van der Waals surface area (Å²) < 4.78 is 7.37. The summed E-state index contributed by atoms with van der Waals surface area (Å²) in [6.07, 6.45) is 1.81. The maximum Gasteiger partial charge on any atom is 0.337 e. The molecule has 0 bridgehead atoms. The summed E-state index contributed by atoms with van der Waals surface area (Å²) in [6, 6.07) is 14.2. The van der Waals surface area contributed by atoms with E-state index in [1.54, 1.807) is 18.2 Å². The smallest absolute Gasteiger partial charge is 0.337 e. The van der Waals surface area contributed by atoms with Crippen LogP contribution in [0.5, 0.6) is 5.75 Å². The first-order valence-electron chi connectivity index (χ1n) is 10.5. The fourth-order valence-electron chi connectivity index (χ4n) is 3.67. The Bertz CT molecular complexity index is 1340. The van der Waals surface area contributed by atoms with Gasteiger partial charge in [0.25, 0.3) is 5.91 Å². The van der Waals surface area contributed by atoms with Gasteiger partial charge in [0.15, 0.2) is 5.17 Å². The number of carbonyl (C=O) groups is 2. The number of amides is 1. The monoisotopic (exact) mass is 495 g/mol. The molecule has 174 valence electrons. The normalized spacial score (nSPS) is 15.7. The van der Waals surface area contributed by atoms with Gasteiger partial charge in [0.05, 0.1) is 27.8 Å². The molecule has 2 aromatic carbocycles. The van der Waals surface area contributed by atoms with Gasteiger partial charge in [0, 0.05) is 17.1 Å². The van der Waals surface area contributed by atoms with E-state index in [0.29, 0.717) is 28.1 Å². The van der Waals surface area contributed by atoms with E-state index >= 15 is 0 Å². The van der Waals surface area contributed by atoms with Crippen LogP contribution in [0.3, 0.4) is 0 Å². The molecule has 2 heterocycles. The minimum absolute atomic E-state index is 0.0347. The molecule has 2 N–H and O–H groups in total. The first-order valence-corrected chi connectivity index (χ1v) is 11.7. The number of rotatable bonds is 6. The number of carboxylic acid groups (broad SMARTS) is 1. The molecule has 3 aromatic rings. The molecule has 1 amide bonds. The number of nitrogens with zero attached hydrogens (tertiary/aromatic N) is 2. The van der Waals surface area contributed by atoms with E-state index in [0.717, 1.165) is 22.7 Å². The summed E-state index contributed by atoms with van der Waals surface area (Å²) in [6.45, 7) is 6.35. The van der Waals surface area contributed by atoms with Gasteiger partial charge in [-0.05, 0) is 92.7 Å². The summed E-state index contributed by atoms with van der Waals surface area (Å²) in [5, 5.41) is 12.9. The highest BCUT2D eigenvalue weighted by Gasteiger charge is 2.25. The Morgan fingerprint density at radius 2 is 1.94 bits per heavy atom. The molecule has 7 nitrogen and oxygen atoms in total. The Hall–Kier alpha value is -3.49. The number of benzene rings is 2. The van der Waals surface area contributed by atoms with Crippen molar-refractivity contribution in [2.75, 3.05) is 6.61 Å². The maximum atomic E-state index is 12.6. The van der Waals surface area contributed by atoms with Crippen molar-refractivity contribution >= 4 is 52.2 Å². The standard InChI is InChI=1S/C25H22ClN3O4S/c1-4-33-19-8-5-17(6-9-19)27-25-28-23(30)22(34-25)12-16-11-14(2)29(15(16)3)18-7-10-21(26)20(13-18)24(31)32/h5-13H,4H2,1-3H3,(H,31,32)(H,27,28,30)/b22-12-. The minimum Gasteiger partial charge on any atom is -0.494 e. The first kappa shape index (κ1) is 23.7. The fourth-order valence-corrected chi connectivity index (χ4v) is 4.70. The lowest BCUT2D eigenvalue weighted by Crippen LogP contribution is -2.19. The van der Waals surface area contributed by atoms with Crippen LogP contribution in [0.1, 0.15) is 34.2 Å². The minimum atomic E-state index is -1.09. The number of amidine groups is 1. The van der Waals surface area contributed by atoms with Crippen LogP contribution in [0.4, 0.5) is 5.69 Å². The third-order valence-electron chi connectivity index (χ3n) is 5.22. The lowest BCUT2D eigenvalue weighted by molar-refractivity contribution is -0.115. The zero-order chi connectivity index (χ0) is 24.4. The number of hydrogen-bond donors (Lipinski definition) is 2. The number of carbonyl (C=O) groups excluding carboxylic acids is 1. The van der Waals surface area contributed by atoms with Crippen LogP contribution in [0.15, 0.2) is 58.4 Å². The number of aliphatic imine (C=N–C) groups is 1. The number of thioether (sulfide) groups is 1. The number of hydrogen-bond acceptors (Lipinski definition) is 5. The van der Waals surface area contributed by atoms with Crippen LogP contribution in [-0.4, -0.2) is 33.3 Å². The molecule has 1 saturated heterocycles. The largest absolute Gasteiger partial charge is 0.494 e. The zero-order valence-electron chi connectivity index (χ0n) is 18.8. The molecule has 0 saturated carbocycles. The van der Waals surface area contributed by atoms with Crippen LogP contribution >= 0.6 is 23.4 Å². The molecule has 0 unspecified atom stereocenters. The predicted molar refractivity (Wildman–Crippen MR) is 136 cm³/mol. The summed E-state index contributed by atoms with van der Waals surface area (Å²) in [4.78, 5) is 29.1. The predicted octanol–water partition coefficient (Wildman–Crippen LogP) is 5.74. The van der Waals surface area contributed by atoms with Gasteiger partial charge in [0.2, 0.25) is 0 Å². The molecule has 9 heteroatoms. The Morgan fingerprint density at radius 3 is 2.62 bits per heavy atom. The molecule has 4 rings (SSSR count). The van der Waals surface area contributed by atoms with E-state index in [-0.39, 0.29) is 16.5 Å². The third-order valence-corrected chi connectivity index (χ3v) is 6.46. The summed E-state index contributed by atoms with van der Waals surface area (Å²) in [5.74, 6) is -0.546. The average Bonchev–Trinajstić information content (AvgIpc) is 3.28. The SMILES string of the molecule is CCOc1ccc(N=C2NC(=O)/C(=C/c3cc(C)n(-c4ccc(Cl)c(C(=O)O)c4)c3C)S2)cc1. The van der Waals surface area contributed by atoms with Crippen LogP contribution < -0.4 is 10.1 Å². The molecule has 1 aliphatic heterocycles. The number of carboxylic acids is 1. The van der Waals surface area contributed by atoms with Crippen molar-refractivity contribution in [2.45, 2.75) is 20.8 Å². The van der Waals surface area contributed by atoms with Crippen LogP contribution in [0.2, 0.25) is 5.02 Å². The zero-order valence-corrected chi connectivity index (χ0v) is 20.3. The molecule has 34 heavy (non-hydrogen) atoms. The Morgan fingerprint density at radius 1 is 1.21 bits per heavy atom. The highest BCUT2D eigenvalue weighted by molar-refractivity contribution is 8.18. The van der Waals surface area contributed by atoms with E-state index in [9.17, 15) is 14.7 Å². The fraction of sp³-hybridized carbons (Fsp3) is 0.160. The molecular weight excluding hydrogens is 474 g/mol. The van der Waals surface area contributed by atoms with Crippen molar-refractivity contribution < 1.29 is 19.4 Å². The van der Waals surface area contributed by atoms with E-state index in [1.807, 2.05) is 61.7 Å². The summed E-state index contributed by atoms with van der Waals surface area (Å²) in [7, 11) is 0. The number of aryl methyl sites for hydroxylation is 1. The van der Waals surface area contributed by atoms with Gasteiger partial charge < -0.3 is 19.7 Å². The van der Waals surface area contributed by atoms with Crippen molar-refractivity contribution in [3.8, 4) is 11.4 Å². The maximum absolute atomic E-state index is 12.6. The number of aromatic carboxylic acids is 1. The first-order chi connectivity index (χ1) is 16.3. The molecule has 1 fully saturated rings. The molecule has 0 spiro atoms. The van der Waals surface area contributed by atoms with Crippen molar-refractivity contribution in [3.63, 3.8) is 0 Å². The van der Waals surface area contributed by atoms with Gasteiger partial charge in [-0.2, -0.15) is 0 Å². The van der Waals surface area contributed by atoms with Crippen molar-refractivity contribution in [1.29, 1.82) is 0 Å². The van der Waals surface area contributed by atoms with Gasteiger partial charge in [-0.25, -0.2) is 9.79 Å². The van der Waals surface area contributed by atoms with Gasteiger partial charge in [0.1, 0.15) is 5.75 Å². The number of aromatic nitrogens is 1. The second-order valence-electron chi connectivity index (χ2n) is 7.54. The summed E-state index contributed by atoms with van der Waals surface area (Å²) in [5.41, 5.74) is 4.05. The highest BCUT2D eigenvalue weighted by Crippen LogP contribution is 2.31. The molecular formula is C25H22ClN3O4S. The lowest BCUT2D eigenvalue weighted by Gasteiger charge is -2.11. The molecule has 1 aliphatic rings. The van der Waals surface area contributed by atoms with Crippen molar-refractivity contribution in [3.05, 3.63) is 81.0 Å². The van der Waals surface area contributed by atoms with Gasteiger partial charge in [-0.3, -0.25) is 4.79 Å². The van der Waals surface area contributed by atoms with Gasteiger partial charge in [-0.1, -0.05) is 11.6 Å². The van der Waals surface area contributed by atoms with E-state index in [2.05, 4.69) is 10.3 Å². The quantitative estimate of drug-likeness (QED) is 0.425. The Balaban J connectivity index is 1.61. The van der Waals surface area contributed by atoms with E-state index in [4.69, 9.17) is 16.3 Å². The van der Waals surface area contributed by atoms with Gasteiger partial charge in [-0.15, -0.1) is 0 Å². The Labute approximate surface area is 206 Å². The van der Waals surface area contributed by atoms with Crippen LogP contribution in [0, 0.1) is 13.8 Å². The second-order valence-corrected chi connectivity index (χ2v) is 8.98. The second kappa shape index (κ2) is 9.79. The lowest BCUT2D eigenvalue weighted by atomic mass is 10.2. The number of halogens is 1. The van der Waals surface area contributed by atoms with Crippen LogP contribution in [-0.2, 0) is 4.79 Å². The number of nitrogens with one attached hydrogen (secondary N) is 1. The van der Waals surface area contributed by atoms with Gasteiger partial charge >= 0.3 is 5.97 Å². The summed E-state index contributed by atoms with van der Waals surface area (Å²) >= 11 is 7.29. The highest BCUT2D eigenvalue weighted by atomic mass is 35.5. The molecule has 1 aromatic heterocycles. The van der Waals surface area contributed by atoms with E-state index in [1.165, 1.54) is 11.8 Å². The average molecular weight is 496 g/mol. The molecule has 0 atom stereocenters. The molecule has 0 aliphatic carbocycles.